The van der Waals surface area contributed by atoms with Gasteiger partial charge in [0.15, 0.2) is 0 Å². The van der Waals surface area contributed by atoms with Gasteiger partial charge in [-0.2, -0.15) is 0 Å². The lowest BCUT2D eigenvalue weighted by Crippen LogP contribution is -2.52. The lowest BCUT2D eigenvalue weighted by molar-refractivity contribution is -0.140. The van der Waals surface area contributed by atoms with Gasteiger partial charge in [-0.05, 0) is 56.5 Å². The third-order valence-corrected chi connectivity index (χ3v) is 9.01. The lowest BCUT2D eigenvalue weighted by atomic mass is 10.1. The maximum atomic E-state index is 14.3. The molecule has 0 bridgehead atoms. The molecule has 1 N–H and O–H groups in total. The van der Waals surface area contributed by atoms with E-state index < -0.39 is 28.5 Å². The van der Waals surface area contributed by atoms with Gasteiger partial charge in [-0.25, -0.2) is 8.42 Å². The fraction of sp³-hybridized carbons (Fsp3) is 0.394. The van der Waals surface area contributed by atoms with E-state index >= 15 is 0 Å². The molecule has 43 heavy (non-hydrogen) atoms. The fourth-order valence-corrected chi connectivity index (χ4v) is 6.07. The number of hydrogen-bond acceptors (Lipinski definition) is 6. The van der Waals surface area contributed by atoms with Gasteiger partial charge in [0.25, 0.3) is 10.0 Å². The predicted molar refractivity (Wildman–Crippen MR) is 169 cm³/mol. The maximum Gasteiger partial charge on any atom is 0.264 e. The zero-order chi connectivity index (χ0) is 31.6. The number of methoxy groups -OCH3 is 2. The Morgan fingerprint density at radius 3 is 2.07 bits per heavy atom. The van der Waals surface area contributed by atoms with Crippen LogP contribution in [-0.4, -0.2) is 58.5 Å². The molecule has 0 spiro atoms. The molecule has 10 heteroatoms. The predicted octanol–water partition coefficient (Wildman–Crippen LogP) is 5.24. The standard InChI is InChI=1S/C33H43N3O6S/c1-7-9-20-34-33(38)29(8-2)35(22-26-14-10-24(3)11-15-26)32(37)23-36(30-21-27(41-5)16-19-31(30)42-6)43(39,40)28-17-12-25(4)13-18-28/h10-19,21,29H,7-9,20,22-23H2,1-6H3,(H,34,38). The molecule has 0 radical (unpaired) electrons. The van der Waals surface area contributed by atoms with Crippen molar-refractivity contribution in [1.82, 2.24) is 10.2 Å². The number of anilines is 1. The van der Waals surface area contributed by atoms with E-state index in [9.17, 15) is 18.0 Å². The van der Waals surface area contributed by atoms with Crippen molar-refractivity contribution in [3.8, 4) is 11.5 Å². The molecule has 3 rings (SSSR count). The van der Waals surface area contributed by atoms with Gasteiger partial charge < -0.3 is 19.7 Å². The number of sulfonamides is 1. The highest BCUT2D eigenvalue weighted by Crippen LogP contribution is 2.36. The number of ether oxygens (including phenoxy) is 2. The third-order valence-electron chi connectivity index (χ3n) is 7.23. The molecular weight excluding hydrogens is 566 g/mol. The minimum absolute atomic E-state index is 0.0187. The number of rotatable bonds is 15. The molecule has 0 aliphatic heterocycles. The van der Waals surface area contributed by atoms with E-state index in [0.29, 0.717) is 18.7 Å². The second-order valence-corrected chi connectivity index (χ2v) is 12.3. The van der Waals surface area contributed by atoms with Crippen molar-refractivity contribution < 1.29 is 27.5 Å². The SMILES string of the molecule is CCCCNC(=O)C(CC)N(Cc1ccc(C)cc1)C(=O)CN(c1cc(OC)ccc1OC)S(=O)(=O)c1ccc(C)cc1. The van der Waals surface area contributed by atoms with Crippen LogP contribution < -0.4 is 19.1 Å². The van der Waals surface area contributed by atoms with Crippen LogP contribution in [0.1, 0.15) is 49.8 Å². The molecular formula is C33H43N3O6S. The molecule has 3 aromatic carbocycles. The van der Waals surface area contributed by atoms with Crippen molar-refractivity contribution >= 4 is 27.5 Å². The number of amides is 2. The van der Waals surface area contributed by atoms with Gasteiger partial charge in [-0.3, -0.25) is 13.9 Å². The summed E-state index contributed by atoms with van der Waals surface area (Å²) in [7, 11) is -1.35. The topological polar surface area (TPSA) is 105 Å². The lowest BCUT2D eigenvalue weighted by Gasteiger charge is -2.33. The summed E-state index contributed by atoms with van der Waals surface area (Å²) in [5.41, 5.74) is 2.92. The Bertz CT molecular complexity index is 1470. The molecule has 0 fully saturated rings. The van der Waals surface area contributed by atoms with E-state index in [1.807, 2.05) is 52.0 Å². The van der Waals surface area contributed by atoms with E-state index in [4.69, 9.17) is 9.47 Å². The van der Waals surface area contributed by atoms with Crippen molar-refractivity contribution in [2.24, 2.45) is 0 Å². The third kappa shape index (κ3) is 8.50. The van der Waals surface area contributed by atoms with Gasteiger partial charge in [-0.1, -0.05) is 67.8 Å². The minimum Gasteiger partial charge on any atom is -0.497 e. The summed E-state index contributed by atoms with van der Waals surface area (Å²) in [6, 6.07) is 18.1. The zero-order valence-electron chi connectivity index (χ0n) is 25.9. The number of unbranched alkanes of at least 4 members (excludes halogenated alkanes) is 1. The highest BCUT2D eigenvalue weighted by molar-refractivity contribution is 7.92. The first kappa shape index (κ1) is 33.5. The van der Waals surface area contributed by atoms with Gasteiger partial charge in [0, 0.05) is 19.2 Å². The molecule has 3 aromatic rings. The molecule has 2 amide bonds. The number of nitrogens with zero attached hydrogens (tertiary/aromatic N) is 2. The Balaban J connectivity index is 2.12. The number of carbonyl (C=O) groups excluding carboxylic acids is 2. The van der Waals surface area contributed by atoms with Gasteiger partial charge >= 0.3 is 0 Å². The molecule has 0 saturated heterocycles. The van der Waals surface area contributed by atoms with Gasteiger partial charge in [0.05, 0.1) is 24.8 Å². The van der Waals surface area contributed by atoms with Crippen LogP contribution in [0.3, 0.4) is 0 Å². The van der Waals surface area contributed by atoms with Gasteiger partial charge in [0.1, 0.15) is 24.1 Å². The summed E-state index contributed by atoms with van der Waals surface area (Å²) in [5, 5.41) is 2.94. The molecule has 0 heterocycles. The van der Waals surface area contributed by atoms with E-state index in [1.54, 1.807) is 24.3 Å². The Morgan fingerprint density at radius 1 is 0.884 bits per heavy atom. The average Bonchev–Trinajstić information content (AvgIpc) is 3.00. The first-order chi connectivity index (χ1) is 20.5. The summed E-state index contributed by atoms with van der Waals surface area (Å²) < 4.78 is 40.3. The van der Waals surface area contributed by atoms with Crippen LogP contribution in [0.15, 0.2) is 71.6 Å². The van der Waals surface area contributed by atoms with Crippen molar-refractivity contribution in [2.75, 3.05) is 31.6 Å². The van der Waals surface area contributed by atoms with Crippen LogP contribution >= 0.6 is 0 Å². The van der Waals surface area contributed by atoms with E-state index in [-0.39, 0.29) is 28.8 Å². The smallest absolute Gasteiger partial charge is 0.264 e. The van der Waals surface area contributed by atoms with Gasteiger partial charge in [0.2, 0.25) is 11.8 Å². The number of hydrogen-bond donors (Lipinski definition) is 1. The molecule has 1 unspecified atom stereocenters. The van der Waals surface area contributed by atoms with Crippen molar-refractivity contribution in [3.05, 3.63) is 83.4 Å². The summed E-state index contributed by atoms with van der Waals surface area (Å²) in [6.45, 7) is 7.77. The van der Waals surface area contributed by atoms with Crippen LogP contribution in [-0.2, 0) is 26.2 Å². The van der Waals surface area contributed by atoms with Crippen molar-refractivity contribution in [1.29, 1.82) is 0 Å². The summed E-state index contributed by atoms with van der Waals surface area (Å²) in [5.74, 6) is -0.161. The van der Waals surface area contributed by atoms with Crippen LogP contribution in [0.4, 0.5) is 5.69 Å². The Morgan fingerprint density at radius 2 is 1.51 bits per heavy atom. The first-order valence-corrected chi connectivity index (χ1v) is 15.9. The number of aryl methyl sites for hydroxylation is 2. The molecule has 0 aliphatic rings. The quantitative estimate of drug-likeness (QED) is 0.236. The molecule has 1 atom stereocenters. The molecule has 9 nitrogen and oxygen atoms in total. The number of carbonyl (C=O) groups is 2. The number of benzene rings is 3. The highest BCUT2D eigenvalue weighted by atomic mass is 32.2. The number of nitrogens with one attached hydrogen (secondary N) is 1. The normalized spacial score (nSPS) is 11.9. The van der Waals surface area contributed by atoms with Crippen molar-refractivity contribution in [2.45, 2.75) is 64.4 Å². The van der Waals surface area contributed by atoms with Crippen LogP contribution in [0.2, 0.25) is 0 Å². The Hall–Kier alpha value is -4.05. The highest BCUT2D eigenvalue weighted by Gasteiger charge is 2.35. The molecule has 232 valence electrons. The maximum absolute atomic E-state index is 14.3. The molecule has 0 saturated carbocycles. The summed E-state index contributed by atoms with van der Waals surface area (Å²) >= 11 is 0. The van der Waals surface area contributed by atoms with Crippen LogP contribution in [0.25, 0.3) is 0 Å². The average molecular weight is 610 g/mol. The largest absolute Gasteiger partial charge is 0.497 e. The molecule has 0 aromatic heterocycles. The Labute approximate surface area is 255 Å². The fourth-order valence-electron chi connectivity index (χ4n) is 4.66. The van der Waals surface area contributed by atoms with E-state index in [1.165, 1.54) is 37.3 Å². The van der Waals surface area contributed by atoms with Crippen LogP contribution in [0.5, 0.6) is 11.5 Å². The van der Waals surface area contributed by atoms with Crippen molar-refractivity contribution in [3.63, 3.8) is 0 Å². The monoisotopic (exact) mass is 609 g/mol. The first-order valence-electron chi connectivity index (χ1n) is 14.5. The summed E-state index contributed by atoms with van der Waals surface area (Å²) in [4.78, 5) is 29.1. The molecule has 0 aliphatic carbocycles. The zero-order valence-corrected chi connectivity index (χ0v) is 26.7. The summed E-state index contributed by atoms with van der Waals surface area (Å²) in [6.07, 6.45) is 2.08. The van der Waals surface area contributed by atoms with Gasteiger partial charge in [-0.15, -0.1) is 0 Å². The second-order valence-electron chi connectivity index (χ2n) is 10.4. The van der Waals surface area contributed by atoms with Crippen LogP contribution in [0, 0.1) is 13.8 Å². The Kier molecular flexibility index (Phi) is 12.0. The van der Waals surface area contributed by atoms with E-state index in [2.05, 4.69) is 5.32 Å². The second kappa shape index (κ2) is 15.4. The minimum atomic E-state index is -4.26. The van der Waals surface area contributed by atoms with E-state index in [0.717, 1.165) is 33.8 Å².